The van der Waals surface area contributed by atoms with Crippen LogP contribution in [0.1, 0.15) is 68.8 Å². The molecule has 6 atom stereocenters. The van der Waals surface area contributed by atoms with Crippen molar-refractivity contribution in [2.75, 3.05) is 40.0 Å². The number of Topliss-reactive ketones (excluding diaryl/α,β-unsaturated/α-hetero) is 1. The predicted octanol–water partition coefficient (Wildman–Crippen LogP) is 0.341. The van der Waals surface area contributed by atoms with Crippen LogP contribution in [0, 0.1) is 0 Å². The molecule has 44 heavy (non-hydrogen) atoms. The zero-order valence-electron chi connectivity index (χ0n) is 24.4. The quantitative estimate of drug-likeness (QED) is 0.239. The van der Waals surface area contributed by atoms with Gasteiger partial charge in [-0.15, -0.1) is 0 Å². The van der Waals surface area contributed by atoms with Gasteiger partial charge in [0.05, 0.1) is 61.9 Å². The molecule has 0 spiro atoms. The van der Waals surface area contributed by atoms with Crippen LogP contribution in [0.3, 0.4) is 0 Å². The molecule has 2 aromatic carbocycles. The largest absolute Gasteiger partial charge is 0.507 e. The lowest BCUT2D eigenvalue weighted by Gasteiger charge is -2.42. The van der Waals surface area contributed by atoms with E-state index < -0.39 is 82.6 Å². The van der Waals surface area contributed by atoms with Gasteiger partial charge >= 0.3 is 0 Å². The number of phenolic OH excluding ortho intramolecular Hbond substituents is 2. The van der Waals surface area contributed by atoms with E-state index >= 15 is 0 Å². The highest BCUT2D eigenvalue weighted by atomic mass is 16.7. The molecule has 13 nitrogen and oxygen atoms in total. The second-order valence-corrected chi connectivity index (χ2v) is 11.9. The molecule has 6 rings (SSSR count). The highest BCUT2D eigenvalue weighted by molar-refractivity contribution is 6.31. The summed E-state index contributed by atoms with van der Waals surface area (Å²) in [4.78, 5) is 43.1. The second kappa shape index (κ2) is 11.5. The molecule has 2 saturated heterocycles. The molecule has 13 heteroatoms. The van der Waals surface area contributed by atoms with Crippen molar-refractivity contribution in [2.24, 2.45) is 5.73 Å². The van der Waals surface area contributed by atoms with Crippen molar-refractivity contribution in [1.29, 1.82) is 0 Å². The molecular formula is C31H36N2O11. The third kappa shape index (κ3) is 4.98. The number of nitrogens with zero attached hydrogens (tertiary/aromatic N) is 1. The fourth-order valence-corrected chi connectivity index (χ4v) is 6.71. The Morgan fingerprint density at radius 2 is 1.82 bits per heavy atom. The van der Waals surface area contributed by atoms with Gasteiger partial charge in [-0.3, -0.25) is 19.3 Å². The van der Waals surface area contributed by atoms with Gasteiger partial charge in [0.2, 0.25) is 5.78 Å². The van der Waals surface area contributed by atoms with E-state index in [1.807, 2.05) is 4.90 Å². The number of rotatable bonds is 6. The van der Waals surface area contributed by atoms with Crippen molar-refractivity contribution in [3.63, 3.8) is 0 Å². The molecule has 0 bridgehead atoms. The average Bonchev–Trinajstić information content (AvgIpc) is 3.00. The fourth-order valence-electron chi connectivity index (χ4n) is 6.71. The number of fused-ring (bicyclic) bond motifs is 3. The number of morpholine rings is 1. The van der Waals surface area contributed by atoms with Crippen molar-refractivity contribution >= 4 is 17.3 Å². The first-order valence-electron chi connectivity index (χ1n) is 14.6. The molecule has 0 radical (unpaired) electrons. The SMILES string of the molecule is COc1cccc2c1C(=O)c1c(O)c3c(c(O)c1C2=O)C[C@@](O)(C(=O)CN1CCOCC1)C[C@H]3O[C@H]1C[C@@H](N)[C@H](O)[C@H](C)O1. The predicted molar refractivity (Wildman–Crippen MR) is 152 cm³/mol. The number of carbonyl (C=O) groups excluding carboxylic acids is 3. The first-order chi connectivity index (χ1) is 20.9. The number of ketones is 3. The van der Waals surface area contributed by atoms with Crippen LogP contribution in [0.4, 0.5) is 0 Å². The molecule has 236 valence electrons. The minimum absolute atomic E-state index is 0.0177. The molecule has 2 heterocycles. The number of aliphatic hydroxyl groups is 2. The molecule has 0 unspecified atom stereocenters. The molecule has 2 fully saturated rings. The maximum absolute atomic E-state index is 13.8. The summed E-state index contributed by atoms with van der Waals surface area (Å²) in [7, 11) is 1.35. The van der Waals surface area contributed by atoms with Gasteiger partial charge < -0.3 is 45.1 Å². The number of methoxy groups -OCH3 is 1. The van der Waals surface area contributed by atoms with Crippen LogP contribution in [0.25, 0.3) is 0 Å². The topological polar surface area (TPSA) is 198 Å². The number of ether oxygens (including phenoxy) is 4. The van der Waals surface area contributed by atoms with Gasteiger partial charge in [-0.1, -0.05) is 12.1 Å². The highest BCUT2D eigenvalue weighted by Crippen LogP contribution is 2.52. The molecule has 0 amide bonds. The standard InChI is InChI=1S/C31H36N2O11/c1-14-26(35)17(32)10-21(43-14)44-19-12-31(40,20(34)13-33-6-8-42-9-7-33)11-16-23(19)30(39)25-24(28(16)37)27(36)15-4-3-5-18(41-2)22(15)29(25)38/h3-5,14,17,19,21,26,35,37,39-40H,6-13,32H2,1-2H3/t14-,17+,19+,21-,26+,31-/m0/s1. The van der Waals surface area contributed by atoms with Gasteiger partial charge in [-0.25, -0.2) is 0 Å². The Hall–Kier alpha value is -3.43. The lowest BCUT2D eigenvalue weighted by Crippen LogP contribution is -2.54. The third-order valence-electron chi connectivity index (χ3n) is 9.13. The van der Waals surface area contributed by atoms with E-state index in [1.165, 1.54) is 25.3 Å². The number of aromatic hydroxyl groups is 2. The number of benzene rings is 2. The van der Waals surface area contributed by atoms with Crippen molar-refractivity contribution in [2.45, 2.75) is 62.4 Å². The Morgan fingerprint density at radius 1 is 1.11 bits per heavy atom. The molecule has 6 N–H and O–H groups in total. The van der Waals surface area contributed by atoms with Crippen LogP contribution in [-0.4, -0.2) is 113 Å². The number of aliphatic hydroxyl groups excluding tert-OH is 1. The molecule has 2 aromatic rings. The summed E-state index contributed by atoms with van der Waals surface area (Å²) in [5, 5.41) is 45.5. The maximum Gasteiger partial charge on any atom is 0.202 e. The van der Waals surface area contributed by atoms with Crippen LogP contribution in [-0.2, 0) is 25.4 Å². The van der Waals surface area contributed by atoms with Crippen molar-refractivity contribution < 1.29 is 53.8 Å². The Balaban J connectivity index is 1.46. The Bertz CT molecular complexity index is 1510. The van der Waals surface area contributed by atoms with Crippen LogP contribution in [0.5, 0.6) is 17.2 Å². The minimum atomic E-state index is -2.07. The molecule has 4 aliphatic rings. The summed E-state index contributed by atoms with van der Waals surface area (Å²) in [6.45, 7) is 3.38. The first kappa shape index (κ1) is 30.6. The summed E-state index contributed by atoms with van der Waals surface area (Å²) in [5.41, 5.74) is 2.98. The van der Waals surface area contributed by atoms with Gasteiger partial charge in [-0.05, 0) is 13.0 Å². The van der Waals surface area contributed by atoms with E-state index in [1.54, 1.807) is 6.92 Å². The van der Waals surface area contributed by atoms with Gasteiger partial charge in [-0.2, -0.15) is 0 Å². The van der Waals surface area contributed by atoms with Gasteiger partial charge in [0.15, 0.2) is 17.9 Å². The zero-order valence-corrected chi connectivity index (χ0v) is 24.4. The fraction of sp³-hybridized carbons (Fsp3) is 0.516. The smallest absolute Gasteiger partial charge is 0.202 e. The Labute approximate surface area is 253 Å². The lowest BCUT2D eigenvalue weighted by molar-refractivity contribution is -0.247. The van der Waals surface area contributed by atoms with Crippen LogP contribution >= 0.6 is 0 Å². The molecule has 2 aliphatic carbocycles. The van der Waals surface area contributed by atoms with E-state index in [0.717, 1.165) is 0 Å². The summed E-state index contributed by atoms with van der Waals surface area (Å²) >= 11 is 0. The van der Waals surface area contributed by atoms with Gasteiger partial charge in [0, 0.05) is 55.1 Å². The van der Waals surface area contributed by atoms with Crippen molar-refractivity contribution in [1.82, 2.24) is 4.90 Å². The van der Waals surface area contributed by atoms with E-state index in [4.69, 9.17) is 24.7 Å². The Morgan fingerprint density at radius 3 is 2.50 bits per heavy atom. The summed E-state index contributed by atoms with van der Waals surface area (Å²) in [5.74, 6) is -3.12. The van der Waals surface area contributed by atoms with E-state index in [9.17, 15) is 34.8 Å². The molecule has 2 aliphatic heterocycles. The van der Waals surface area contributed by atoms with Crippen molar-refractivity contribution in [3.05, 3.63) is 51.6 Å². The second-order valence-electron chi connectivity index (χ2n) is 11.9. The third-order valence-corrected chi connectivity index (χ3v) is 9.13. The average molecular weight is 613 g/mol. The van der Waals surface area contributed by atoms with Crippen LogP contribution in [0.15, 0.2) is 18.2 Å². The van der Waals surface area contributed by atoms with Gasteiger partial charge in [0.1, 0.15) is 22.8 Å². The Kier molecular flexibility index (Phi) is 7.99. The number of hydrogen-bond donors (Lipinski definition) is 5. The van der Waals surface area contributed by atoms with Crippen LogP contribution in [0.2, 0.25) is 0 Å². The van der Waals surface area contributed by atoms with E-state index in [0.29, 0.717) is 26.3 Å². The summed E-state index contributed by atoms with van der Waals surface area (Å²) < 4.78 is 22.7. The highest BCUT2D eigenvalue weighted by Gasteiger charge is 2.50. The van der Waals surface area contributed by atoms with Gasteiger partial charge in [0.25, 0.3) is 0 Å². The first-order valence-corrected chi connectivity index (χ1v) is 14.6. The summed E-state index contributed by atoms with van der Waals surface area (Å²) in [6, 6.07) is 3.76. The maximum atomic E-state index is 13.8. The minimum Gasteiger partial charge on any atom is -0.507 e. The lowest BCUT2D eigenvalue weighted by atomic mass is 9.71. The molecule has 0 saturated carbocycles. The number of carbonyl (C=O) groups is 3. The monoisotopic (exact) mass is 612 g/mol. The van der Waals surface area contributed by atoms with Crippen LogP contribution < -0.4 is 10.5 Å². The normalized spacial score (nSPS) is 30.3. The number of hydrogen-bond acceptors (Lipinski definition) is 13. The molecule has 0 aromatic heterocycles. The summed E-state index contributed by atoms with van der Waals surface area (Å²) in [6.07, 6.45) is -4.68. The van der Waals surface area contributed by atoms with E-state index in [2.05, 4.69) is 0 Å². The number of nitrogens with two attached hydrogens (primary N) is 1. The zero-order chi connectivity index (χ0) is 31.5. The molecular weight excluding hydrogens is 576 g/mol. The number of phenols is 2. The van der Waals surface area contributed by atoms with E-state index in [-0.39, 0.29) is 47.4 Å². The van der Waals surface area contributed by atoms with Crippen molar-refractivity contribution in [3.8, 4) is 17.2 Å².